The normalized spacial score (nSPS) is 14.5. The molecule has 8 heteroatoms. The van der Waals surface area contributed by atoms with Crippen LogP contribution in [0.4, 0.5) is 11.4 Å². The number of anilines is 2. The second-order valence-electron chi connectivity index (χ2n) is 7.34. The van der Waals surface area contributed by atoms with Crippen LogP contribution >= 0.6 is 0 Å². The van der Waals surface area contributed by atoms with E-state index in [0.29, 0.717) is 11.3 Å². The lowest BCUT2D eigenvalue weighted by Crippen LogP contribution is -2.50. The standard InChI is InChI=1S/C24H22N4O3S/c25-18-19-8-4-7-13-23(19)32(30,31)28-16-14-27(15-17-28)24(29)21-11-5-6-12-22(21)26-20-9-2-1-3-10-20/h1-13,26H,14-17H2. The number of nitriles is 1. The molecule has 0 saturated carbocycles. The minimum Gasteiger partial charge on any atom is -0.355 e. The summed E-state index contributed by atoms with van der Waals surface area (Å²) in [5, 5.41) is 12.5. The van der Waals surface area contributed by atoms with Crippen LogP contribution in [0.1, 0.15) is 15.9 Å². The van der Waals surface area contributed by atoms with Crippen LogP contribution in [0.2, 0.25) is 0 Å². The number of rotatable bonds is 5. The Labute approximate surface area is 187 Å². The maximum Gasteiger partial charge on any atom is 0.256 e. The summed E-state index contributed by atoms with van der Waals surface area (Å²) in [5.74, 6) is -0.154. The SMILES string of the molecule is N#Cc1ccccc1S(=O)(=O)N1CCN(C(=O)c2ccccc2Nc2ccccc2)CC1. The number of nitrogens with one attached hydrogen (secondary N) is 1. The minimum absolute atomic E-state index is 0.000293. The number of hydrogen-bond donors (Lipinski definition) is 1. The van der Waals surface area contributed by atoms with Crippen molar-refractivity contribution in [2.75, 3.05) is 31.5 Å². The third-order valence-corrected chi connectivity index (χ3v) is 7.32. The third kappa shape index (κ3) is 4.35. The average Bonchev–Trinajstić information content (AvgIpc) is 2.84. The molecule has 1 aliphatic rings. The Morgan fingerprint density at radius 1 is 0.844 bits per heavy atom. The molecular formula is C24H22N4O3S. The number of amides is 1. The fourth-order valence-corrected chi connectivity index (χ4v) is 5.24. The fraction of sp³-hybridized carbons (Fsp3) is 0.167. The highest BCUT2D eigenvalue weighted by atomic mass is 32.2. The van der Waals surface area contributed by atoms with Gasteiger partial charge in [0.15, 0.2) is 0 Å². The monoisotopic (exact) mass is 446 g/mol. The fourth-order valence-electron chi connectivity index (χ4n) is 3.68. The van der Waals surface area contributed by atoms with Crippen molar-refractivity contribution in [1.29, 1.82) is 5.26 Å². The van der Waals surface area contributed by atoms with Gasteiger partial charge in [-0.2, -0.15) is 9.57 Å². The number of para-hydroxylation sites is 2. The molecule has 162 valence electrons. The van der Waals surface area contributed by atoms with Gasteiger partial charge in [0.25, 0.3) is 5.91 Å². The van der Waals surface area contributed by atoms with Crippen molar-refractivity contribution < 1.29 is 13.2 Å². The molecule has 0 bridgehead atoms. The molecule has 0 spiro atoms. The second-order valence-corrected chi connectivity index (χ2v) is 9.25. The molecule has 0 radical (unpaired) electrons. The number of carbonyl (C=O) groups is 1. The molecule has 1 amide bonds. The van der Waals surface area contributed by atoms with Crippen molar-refractivity contribution in [3.63, 3.8) is 0 Å². The van der Waals surface area contributed by atoms with Crippen molar-refractivity contribution in [2.24, 2.45) is 0 Å². The van der Waals surface area contributed by atoms with Crippen LogP contribution in [-0.4, -0.2) is 49.7 Å². The molecule has 32 heavy (non-hydrogen) atoms. The topological polar surface area (TPSA) is 93.5 Å². The van der Waals surface area contributed by atoms with Gasteiger partial charge in [0, 0.05) is 31.9 Å². The van der Waals surface area contributed by atoms with Crippen molar-refractivity contribution in [3.05, 3.63) is 90.0 Å². The van der Waals surface area contributed by atoms with Crippen LogP contribution < -0.4 is 5.32 Å². The summed E-state index contributed by atoms with van der Waals surface area (Å²) in [5.41, 5.74) is 2.22. The first-order chi connectivity index (χ1) is 15.5. The second kappa shape index (κ2) is 9.22. The predicted molar refractivity (Wildman–Crippen MR) is 122 cm³/mol. The van der Waals surface area contributed by atoms with Gasteiger partial charge in [-0.3, -0.25) is 4.79 Å². The first-order valence-corrected chi connectivity index (χ1v) is 11.6. The molecule has 0 aromatic heterocycles. The van der Waals surface area contributed by atoms with Gasteiger partial charge in [-0.15, -0.1) is 0 Å². The number of hydrogen-bond acceptors (Lipinski definition) is 5. The summed E-state index contributed by atoms with van der Waals surface area (Å²) in [6.45, 7) is 0.878. The van der Waals surface area contributed by atoms with Gasteiger partial charge in [0.05, 0.1) is 21.7 Å². The number of benzene rings is 3. The highest BCUT2D eigenvalue weighted by Crippen LogP contribution is 2.24. The highest BCUT2D eigenvalue weighted by Gasteiger charge is 2.32. The van der Waals surface area contributed by atoms with Crippen LogP contribution in [0.5, 0.6) is 0 Å². The number of piperazine rings is 1. The van der Waals surface area contributed by atoms with Gasteiger partial charge in [-0.05, 0) is 36.4 Å². The lowest BCUT2D eigenvalue weighted by molar-refractivity contribution is 0.0699. The number of nitrogens with zero attached hydrogens (tertiary/aromatic N) is 3. The first kappa shape index (κ1) is 21.6. The van der Waals surface area contributed by atoms with E-state index < -0.39 is 10.0 Å². The minimum atomic E-state index is -3.81. The molecule has 0 aliphatic carbocycles. The van der Waals surface area contributed by atoms with Gasteiger partial charge >= 0.3 is 0 Å². The molecular weight excluding hydrogens is 424 g/mol. The van der Waals surface area contributed by atoms with Crippen LogP contribution in [0.25, 0.3) is 0 Å². The Hall–Kier alpha value is -3.67. The van der Waals surface area contributed by atoms with E-state index in [4.69, 9.17) is 0 Å². The zero-order valence-corrected chi connectivity index (χ0v) is 18.1. The third-order valence-electron chi connectivity index (χ3n) is 5.36. The summed E-state index contributed by atoms with van der Waals surface area (Å²) < 4.78 is 27.4. The van der Waals surface area contributed by atoms with E-state index in [-0.39, 0.29) is 42.5 Å². The van der Waals surface area contributed by atoms with Crippen molar-refractivity contribution in [2.45, 2.75) is 4.90 Å². The largest absolute Gasteiger partial charge is 0.355 e. The van der Waals surface area contributed by atoms with Crippen LogP contribution in [0.15, 0.2) is 83.8 Å². The van der Waals surface area contributed by atoms with E-state index in [2.05, 4.69) is 5.32 Å². The molecule has 1 N–H and O–H groups in total. The molecule has 7 nitrogen and oxygen atoms in total. The smallest absolute Gasteiger partial charge is 0.256 e. The summed E-state index contributed by atoms with van der Waals surface area (Å²) in [6.07, 6.45) is 0. The molecule has 1 aliphatic heterocycles. The molecule has 3 aromatic rings. The van der Waals surface area contributed by atoms with Crippen molar-refractivity contribution >= 4 is 27.3 Å². The average molecular weight is 447 g/mol. The van der Waals surface area contributed by atoms with Crippen LogP contribution in [-0.2, 0) is 10.0 Å². The Morgan fingerprint density at radius 3 is 2.19 bits per heavy atom. The van der Waals surface area contributed by atoms with Gasteiger partial charge in [0.1, 0.15) is 6.07 Å². The Bertz CT molecular complexity index is 1260. The lowest BCUT2D eigenvalue weighted by Gasteiger charge is -2.34. The van der Waals surface area contributed by atoms with Gasteiger partial charge in [-0.1, -0.05) is 42.5 Å². The Kier molecular flexibility index (Phi) is 6.21. The van der Waals surface area contributed by atoms with E-state index in [9.17, 15) is 18.5 Å². The van der Waals surface area contributed by atoms with Gasteiger partial charge in [-0.25, -0.2) is 8.42 Å². The molecule has 0 atom stereocenters. The summed E-state index contributed by atoms with van der Waals surface area (Å²) in [6, 6.07) is 25.0. The van der Waals surface area contributed by atoms with Gasteiger partial charge < -0.3 is 10.2 Å². The summed E-state index contributed by atoms with van der Waals surface area (Å²) in [4.78, 5) is 14.9. The maximum absolute atomic E-state index is 13.2. The number of carbonyl (C=O) groups excluding carboxylic acids is 1. The van der Waals surface area contributed by atoms with Crippen molar-refractivity contribution in [1.82, 2.24) is 9.21 Å². The highest BCUT2D eigenvalue weighted by molar-refractivity contribution is 7.89. The Balaban J connectivity index is 1.49. The van der Waals surface area contributed by atoms with Crippen molar-refractivity contribution in [3.8, 4) is 6.07 Å². The van der Waals surface area contributed by atoms with Crippen LogP contribution in [0, 0.1) is 11.3 Å². The van der Waals surface area contributed by atoms with E-state index in [1.165, 1.54) is 16.4 Å². The number of sulfonamides is 1. The van der Waals surface area contributed by atoms with E-state index in [0.717, 1.165) is 5.69 Å². The Morgan fingerprint density at radius 2 is 1.47 bits per heavy atom. The maximum atomic E-state index is 13.2. The summed E-state index contributed by atoms with van der Waals surface area (Å²) in [7, 11) is -3.81. The summed E-state index contributed by atoms with van der Waals surface area (Å²) >= 11 is 0. The predicted octanol–water partition coefficient (Wildman–Crippen LogP) is 3.45. The lowest BCUT2D eigenvalue weighted by atomic mass is 10.1. The molecule has 3 aromatic carbocycles. The molecule has 1 saturated heterocycles. The van der Waals surface area contributed by atoms with E-state index in [1.807, 2.05) is 54.6 Å². The zero-order valence-electron chi connectivity index (χ0n) is 17.3. The van der Waals surface area contributed by atoms with E-state index in [1.54, 1.807) is 23.1 Å². The first-order valence-electron chi connectivity index (χ1n) is 10.2. The molecule has 0 unspecified atom stereocenters. The zero-order chi connectivity index (χ0) is 22.6. The van der Waals surface area contributed by atoms with E-state index >= 15 is 0 Å². The molecule has 1 heterocycles. The molecule has 4 rings (SSSR count). The van der Waals surface area contributed by atoms with Gasteiger partial charge in [0.2, 0.25) is 10.0 Å². The quantitative estimate of drug-likeness (QED) is 0.648. The van der Waals surface area contributed by atoms with Crippen LogP contribution in [0.3, 0.4) is 0 Å². The molecule has 1 fully saturated rings.